The number of hydrogen-bond acceptors (Lipinski definition) is 9. The van der Waals surface area contributed by atoms with Crippen LogP contribution in [0, 0.1) is 0 Å². The predicted molar refractivity (Wildman–Crippen MR) is 145 cm³/mol. The van der Waals surface area contributed by atoms with Gasteiger partial charge in [-0.05, 0) is 35.0 Å². The van der Waals surface area contributed by atoms with E-state index in [1.807, 2.05) is 53.9 Å². The van der Waals surface area contributed by atoms with Crippen molar-refractivity contribution in [2.24, 2.45) is 0 Å². The number of amides is 1. The smallest absolute Gasteiger partial charge is 0.294 e. The second-order valence-corrected chi connectivity index (χ2v) is 9.26. The van der Waals surface area contributed by atoms with Gasteiger partial charge in [-0.25, -0.2) is 15.0 Å². The molecule has 0 bridgehead atoms. The molecule has 4 heterocycles. The highest BCUT2D eigenvalue weighted by Gasteiger charge is 2.17. The maximum absolute atomic E-state index is 13.0. The molecule has 0 saturated carbocycles. The Kier molecular flexibility index (Phi) is 5.46. The summed E-state index contributed by atoms with van der Waals surface area (Å²) in [5.74, 6) is 0.470. The van der Waals surface area contributed by atoms with E-state index >= 15 is 0 Å². The van der Waals surface area contributed by atoms with Crippen molar-refractivity contribution in [3.05, 3.63) is 77.6 Å². The number of pyridine rings is 1. The molecule has 0 atom stereocenters. The summed E-state index contributed by atoms with van der Waals surface area (Å²) >= 11 is 1.42. The van der Waals surface area contributed by atoms with Crippen LogP contribution in [0.3, 0.4) is 0 Å². The molecule has 0 aliphatic rings. The number of carbonyl (C=O) groups excluding carboxylic acids is 2. The van der Waals surface area contributed by atoms with Gasteiger partial charge >= 0.3 is 0 Å². The molecular formula is C26H20N8O2S. The van der Waals surface area contributed by atoms with Gasteiger partial charge in [0, 0.05) is 17.7 Å². The normalized spacial score (nSPS) is 11.3. The molecule has 4 N–H and O–H groups in total. The highest BCUT2D eigenvalue weighted by atomic mass is 32.1. The van der Waals surface area contributed by atoms with Crippen LogP contribution in [-0.4, -0.2) is 36.5 Å². The number of para-hydroxylation sites is 1. The first-order valence-corrected chi connectivity index (χ1v) is 12.3. The van der Waals surface area contributed by atoms with E-state index in [1.54, 1.807) is 12.1 Å². The molecule has 0 aliphatic carbocycles. The van der Waals surface area contributed by atoms with Crippen molar-refractivity contribution in [1.29, 1.82) is 0 Å². The Morgan fingerprint density at radius 1 is 1.00 bits per heavy atom. The Morgan fingerprint density at radius 3 is 2.62 bits per heavy atom. The van der Waals surface area contributed by atoms with E-state index in [9.17, 15) is 9.59 Å². The van der Waals surface area contributed by atoms with Crippen molar-refractivity contribution >= 4 is 72.5 Å². The lowest BCUT2D eigenvalue weighted by Crippen LogP contribution is -2.18. The van der Waals surface area contributed by atoms with Gasteiger partial charge in [-0.3, -0.25) is 9.59 Å². The molecule has 11 heteroatoms. The molecule has 2 aromatic carbocycles. The van der Waals surface area contributed by atoms with Crippen LogP contribution < -0.4 is 16.4 Å². The molecule has 0 aliphatic heterocycles. The standard InChI is InChI=1S/C26H20N8O2S/c1-14(35)34-20-9-5-4-8-17(20)24(33-34)28-13-19-16-7-3-2-6-15(16)12-21(29-19)31-26(36)25-30-18-10-11-37-22(18)23(27)32-25/h2-12H,13H2,1H3,(H,28,33)(H2,27,30,32)(H,29,31,36). The minimum atomic E-state index is -0.507. The van der Waals surface area contributed by atoms with Crippen LogP contribution in [0.2, 0.25) is 0 Å². The fourth-order valence-electron chi connectivity index (χ4n) is 4.23. The van der Waals surface area contributed by atoms with Crippen molar-refractivity contribution in [3.8, 4) is 0 Å². The van der Waals surface area contributed by atoms with E-state index in [0.717, 1.165) is 26.4 Å². The van der Waals surface area contributed by atoms with E-state index in [0.29, 0.717) is 29.4 Å². The third-order valence-corrected chi connectivity index (χ3v) is 6.83. The number of carbonyl (C=O) groups is 2. The maximum atomic E-state index is 13.0. The van der Waals surface area contributed by atoms with Crippen molar-refractivity contribution in [3.63, 3.8) is 0 Å². The van der Waals surface area contributed by atoms with E-state index in [4.69, 9.17) is 10.7 Å². The summed E-state index contributed by atoms with van der Waals surface area (Å²) in [5, 5.41) is 15.1. The van der Waals surface area contributed by atoms with E-state index in [2.05, 4.69) is 25.7 Å². The molecule has 10 nitrogen and oxygen atoms in total. The Hall–Kier alpha value is -4.90. The largest absolute Gasteiger partial charge is 0.382 e. The molecule has 182 valence electrons. The molecule has 0 spiro atoms. The van der Waals surface area contributed by atoms with E-state index in [-0.39, 0.29) is 17.5 Å². The number of fused-ring (bicyclic) bond motifs is 3. The molecule has 0 unspecified atom stereocenters. The van der Waals surface area contributed by atoms with Gasteiger partial charge in [0.2, 0.25) is 11.7 Å². The number of anilines is 3. The fraction of sp³-hybridized carbons (Fsp3) is 0.0769. The van der Waals surface area contributed by atoms with Crippen molar-refractivity contribution in [2.45, 2.75) is 13.5 Å². The Labute approximate surface area is 214 Å². The number of nitrogens with zero attached hydrogens (tertiary/aromatic N) is 5. The first-order valence-electron chi connectivity index (χ1n) is 11.4. The topological polar surface area (TPSA) is 141 Å². The van der Waals surface area contributed by atoms with E-state index < -0.39 is 5.91 Å². The van der Waals surface area contributed by atoms with Gasteiger partial charge in [0.15, 0.2) is 5.82 Å². The van der Waals surface area contributed by atoms with Crippen LogP contribution in [0.25, 0.3) is 31.9 Å². The average Bonchev–Trinajstić information content (AvgIpc) is 3.52. The number of hydrogen-bond donors (Lipinski definition) is 3. The summed E-state index contributed by atoms with van der Waals surface area (Å²) in [6.45, 7) is 1.78. The second-order valence-electron chi connectivity index (χ2n) is 8.35. The van der Waals surface area contributed by atoms with Crippen LogP contribution in [-0.2, 0) is 6.54 Å². The lowest BCUT2D eigenvalue weighted by atomic mass is 10.1. The number of aromatic nitrogens is 5. The molecule has 0 saturated heterocycles. The number of nitrogens with two attached hydrogens (primary N) is 1. The number of rotatable bonds is 5. The summed E-state index contributed by atoms with van der Waals surface area (Å²) < 4.78 is 2.11. The lowest BCUT2D eigenvalue weighted by molar-refractivity contribution is 0.0926. The van der Waals surface area contributed by atoms with Gasteiger partial charge in [0.05, 0.1) is 28.0 Å². The molecule has 6 rings (SSSR count). The number of benzene rings is 2. The summed E-state index contributed by atoms with van der Waals surface area (Å²) in [6.07, 6.45) is 0. The van der Waals surface area contributed by atoms with Gasteiger partial charge in [0.25, 0.3) is 5.91 Å². The lowest BCUT2D eigenvalue weighted by Gasteiger charge is -2.11. The molecule has 1 amide bonds. The Morgan fingerprint density at radius 2 is 1.78 bits per heavy atom. The molecule has 0 fully saturated rings. The van der Waals surface area contributed by atoms with Crippen LogP contribution in [0.15, 0.2) is 66.0 Å². The zero-order chi connectivity index (χ0) is 25.5. The number of nitrogens with one attached hydrogen (secondary N) is 2. The van der Waals surface area contributed by atoms with Gasteiger partial charge in [0.1, 0.15) is 11.6 Å². The highest BCUT2D eigenvalue weighted by Crippen LogP contribution is 2.27. The van der Waals surface area contributed by atoms with Gasteiger partial charge in [-0.1, -0.05) is 36.4 Å². The van der Waals surface area contributed by atoms with Crippen LogP contribution in [0.1, 0.15) is 28.0 Å². The average molecular weight is 509 g/mol. The highest BCUT2D eigenvalue weighted by molar-refractivity contribution is 7.17. The van der Waals surface area contributed by atoms with Crippen molar-refractivity contribution < 1.29 is 9.59 Å². The summed E-state index contributed by atoms with van der Waals surface area (Å²) in [6, 6.07) is 18.9. The molecule has 37 heavy (non-hydrogen) atoms. The number of thiophene rings is 1. The minimum absolute atomic E-state index is 0.0284. The van der Waals surface area contributed by atoms with E-state index in [1.165, 1.54) is 22.9 Å². The predicted octanol–water partition coefficient (Wildman–Crippen LogP) is 4.70. The third kappa shape index (κ3) is 4.10. The first kappa shape index (κ1) is 22.6. The monoisotopic (exact) mass is 508 g/mol. The third-order valence-electron chi connectivity index (χ3n) is 5.90. The Balaban J connectivity index is 1.32. The summed E-state index contributed by atoms with van der Waals surface area (Å²) in [5.41, 5.74) is 8.05. The second kappa shape index (κ2) is 8.95. The van der Waals surface area contributed by atoms with Crippen molar-refractivity contribution in [2.75, 3.05) is 16.4 Å². The summed E-state index contributed by atoms with van der Waals surface area (Å²) in [7, 11) is 0. The maximum Gasteiger partial charge on any atom is 0.294 e. The van der Waals surface area contributed by atoms with Crippen LogP contribution in [0.4, 0.5) is 17.5 Å². The number of nitrogen functional groups attached to an aromatic ring is 1. The first-order chi connectivity index (χ1) is 18.0. The van der Waals surface area contributed by atoms with Crippen LogP contribution in [0.5, 0.6) is 0 Å². The van der Waals surface area contributed by atoms with Gasteiger partial charge in [-0.2, -0.15) is 4.68 Å². The summed E-state index contributed by atoms with van der Waals surface area (Å²) in [4.78, 5) is 38.2. The van der Waals surface area contributed by atoms with Gasteiger partial charge < -0.3 is 16.4 Å². The SMILES string of the molecule is CC(=O)n1nc(NCc2nc(NC(=O)c3nc(N)c4sccc4n3)cc3ccccc23)c2ccccc21. The molecule has 6 aromatic rings. The van der Waals surface area contributed by atoms with Crippen molar-refractivity contribution in [1.82, 2.24) is 24.7 Å². The quantitative estimate of drug-likeness (QED) is 0.304. The zero-order valence-electron chi connectivity index (χ0n) is 19.6. The van der Waals surface area contributed by atoms with Gasteiger partial charge in [-0.15, -0.1) is 16.4 Å². The fourth-order valence-corrected chi connectivity index (χ4v) is 4.97. The molecular weight excluding hydrogens is 488 g/mol. The molecule has 0 radical (unpaired) electrons. The Bertz CT molecular complexity index is 1840. The van der Waals surface area contributed by atoms with Crippen LogP contribution >= 0.6 is 11.3 Å². The minimum Gasteiger partial charge on any atom is -0.382 e. The molecule has 4 aromatic heterocycles. The zero-order valence-corrected chi connectivity index (χ0v) is 20.4.